The third kappa shape index (κ3) is 30.9. The van der Waals surface area contributed by atoms with Crippen molar-refractivity contribution in [1.29, 1.82) is 0 Å². The highest BCUT2D eigenvalue weighted by atomic mass is 32.1. The fraction of sp³-hybridized carbons (Fsp3) is 0.909. The molecule has 53 heavy (non-hydrogen) atoms. The van der Waals surface area contributed by atoms with Crippen molar-refractivity contribution >= 4 is 47.4 Å². The molecule has 2 unspecified atom stereocenters. The monoisotopic (exact) mass is 787 g/mol. The first-order chi connectivity index (χ1) is 25.5. The maximum Gasteiger partial charge on any atom is 0.346 e. The second-order valence-corrected chi connectivity index (χ2v) is 17.0. The molecule has 0 bridgehead atoms. The number of hydrogen-bond donors (Lipinski definition) is 4. The van der Waals surface area contributed by atoms with Crippen molar-refractivity contribution < 1.29 is 34.1 Å². The topological polar surface area (TPSA) is 118 Å². The number of thiol groups is 2. The highest BCUT2D eigenvalue weighted by molar-refractivity contribution is 7.96. The number of ether oxygens (including phenoxy) is 1. The summed E-state index contributed by atoms with van der Waals surface area (Å²) < 4.78 is 4.99. The van der Waals surface area contributed by atoms with Gasteiger partial charge in [-0.2, -0.15) is 0 Å². The molecule has 312 valence electrons. The molecule has 0 amide bonds. The quantitative estimate of drug-likeness (QED) is 0.0211. The first-order valence-corrected chi connectivity index (χ1v) is 23.0. The summed E-state index contributed by atoms with van der Waals surface area (Å²) >= 11 is 7.52. The highest BCUT2D eigenvalue weighted by Gasteiger charge is 2.45. The minimum atomic E-state index is -2.23. The van der Waals surface area contributed by atoms with E-state index >= 15 is 0 Å². The standard InChI is InChI=1S/C44H82O7S2/c1-3-5-7-9-11-13-15-17-19-21-23-25-27-29-31-33-35-43(49,37-39(45)52)41(47)51-42(48)44(50,38-40(46)53)36-34-32-30-28-26-24-22-20-18-16-14-12-10-8-6-4-2/h49-50H,3-38H2,1-2H3,(H,45,52)(H,46,53). The summed E-state index contributed by atoms with van der Waals surface area (Å²) in [6.45, 7) is 4.50. The van der Waals surface area contributed by atoms with E-state index in [0.717, 1.165) is 51.4 Å². The second kappa shape index (κ2) is 35.5. The van der Waals surface area contributed by atoms with Crippen molar-refractivity contribution in [3.63, 3.8) is 0 Å². The number of rotatable bonds is 40. The third-order valence-corrected chi connectivity index (χ3v) is 11.0. The van der Waals surface area contributed by atoms with E-state index in [-0.39, 0.29) is 12.8 Å². The Labute approximate surface area is 336 Å². The average molecular weight is 787 g/mol. The number of unbranched alkanes of at least 4 members (excludes halogenated alkanes) is 30. The van der Waals surface area contributed by atoms with Crippen molar-refractivity contribution in [3.05, 3.63) is 0 Å². The molecule has 0 rings (SSSR count). The molecule has 2 atom stereocenters. The van der Waals surface area contributed by atoms with E-state index in [1.54, 1.807) is 0 Å². The Morgan fingerprint density at radius 2 is 0.566 bits per heavy atom. The van der Waals surface area contributed by atoms with E-state index in [2.05, 4.69) is 39.1 Å². The fourth-order valence-corrected chi connectivity index (χ4v) is 7.75. The number of aliphatic hydroxyl groups is 2. The Kier molecular flexibility index (Phi) is 34.9. The van der Waals surface area contributed by atoms with Crippen LogP contribution < -0.4 is 0 Å². The Bertz CT molecular complexity index is 857. The summed E-state index contributed by atoms with van der Waals surface area (Å²) in [5.74, 6) is -2.58. The summed E-state index contributed by atoms with van der Waals surface area (Å²) in [5, 5.41) is 20.8. The molecular formula is C44H82O7S2. The SMILES string of the molecule is CCCCCCCCCCCCCCCCCCC(O)(CC(=O)S)C(=O)OC(=O)C(O)(CCCCCCCCCCCCCCCCCC)CC(=O)S. The lowest BCUT2D eigenvalue weighted by atomic mass is 9.91. The molecule has 0 spiro atoms. The minimum absolute atomic E-state index is 0.0626. The van der Waals surface area contributed by atoms with Gasteiger partial charge in [0.05, 0.1) is 12.8 Å². The van der Waals surface area contributed by atoms with Crippen LogP contribution in [0.25, 0.3) is 0 Å². The van der Waals surface area contributed by atoms with E-state index in [0.29, 0.717) is 12.8 Å². The van der Waals surface area contributed by atoms with E-state index in [1.807, 2.05) is 0 Å². The molecule has 0 fully saturated rings. The summed E-state index contributed by atoms with van der Waals surface area (Å²) in [4.78, 5) is 49.8. The summed E-state index contributed by atoms with van der Waals surface area (Å²) in [6, 6.07) is 0. The minimum Gasteiger partial charge on any atom is -0.389 e. The van der Waals surface area contributed by atoms with E-state index in [4.69, 9.17) is 4.74 Å². The van der Waals surface area contributed by atoms with Crippen LogP contribution in [0, 0.1) is 0 Å². The predicted molar refractivity (Wildman–Crippen MR) is 227 cm³/mol. The molecule has 0 aromatic rings. The molecule has 0 radical (unpaired) electrons. The van der Waals surface area contributed by atoms with Crippen LogP contribution in [0.4, 0.5) is 0 Å². The summed E-state index contributed by atoms with van der Waals surface area (Å²) in [7, 11) is 0. The molecule has 0 aromatic heterocycles. The third-order valence-electron chi connectivity index (χ3n) is 10.7. The molecular weight excluding hydrogens is 705 g/mol. The van der Waals surface area contributed by atoms with Crippen LogP contribution in [-0.2, 0) is 23.9 Å². The molecule has 0 saturated carbocycles. The predicted octanol–water partition coefficient (Wildman–Crippen LogP) is 12.5. The number of esters is 2. The Morgan fingerprint density at radius 1 is 0.377 bits per heavy atom. The Hall–Kier alpha value is -0.900. The van der Waals surface area contributed by atoms with E-state index < -0.39 is 46.2 Å². The Balaban J connectivity index is 4.41. The number of carbonyl (C=O) groups excluding carboxylic acids is 4. The van der Waals surface area contributed by atoms with Crippen molar-refractivity contribution in [2.45, 2.75) is 256 Å². The molecule has 0 aliphatic rings. The number of carbonyl (C=O) groups is 4. The first kappa shape index (κ1) is 52.1. The molecule has 0 aliphatic carbocycles. The zero-order valence-corrected chi connectivity index (χ0v) is 36.1. The van der Waals surface area contributed by atoms with E-state index in [9.17, 15) is 29.4 Å². The van der Waals surface area contributed by atoms with Crippen LogP contribution in [0.2, 0.25) is 0 Å². The van der Waals surface area contributed by atoms with Crippen molar-refractivity contribution in [2.75, 3.05) is 0 Å². The van der Waals surface area contributed by atoms with Crippen LogP contribution in [0.3, 0.4) is 0 Å². The van der Waals surface area contributed by atoms with Gasteiger partial charge < -0.3 is 14.9 Å². The van der Waals surface area contributed by atoms with Crippen molar-refractivity contribution in [1.82, 2.24) is 0 Å². The summed E-state index contributed by atoms with van der Waals surface area (Å²) in [5.41, 5.74) is -4.46. The zero-order chi connectivity index (χ0) is 39.5. The lowest BCUT2D eigenvalue weighted by molar-refractivity contribution is -0.187. The van der Waals surface area contributed by atoms with Gasteiger partial charge in [0.1, 0.15) is 0 Å². The zero-order valence-electron chi connectivity index (χ0n) is 34.3. The second-order valence-electron chi connectivity index (χ2n) is 16.0. The van der Waals surface area contributed by atoms with Crippen LogP contribution in [-0.4, -0.2) is 43.6 Å². The molecule has 0 aromatic carbocycles. The van der Waals surface area contributed by atoms with Gasteiger partial charge in [-0.05, 0) is 25.7 Å². The normalized spacial score (nSPS) is 13.8. The molecule has 0 heterocycles. The van der Waals surface area contributed by atoms with Crippen LogP contribution in [0.15, 0.2) is 0 Å². The number of hydrogen-bond acceptors (Lipinski definition) is 7. The Morgan fingerprint density at radius 3 is 0.755 bits per heavy atom. The largest absolute Gasteiger partial charge is 0.389 e. The first-order valence-electron chi connectivity index (χ1n) is 22.2. The van der Waals surface area contributed by atoms with Crippen LogP contribution >= 0.6 is 25.3 Å². The van der Waals surface area contributed by atoms with Crippen LogP contribution in [0.5, 0.6) is 0 Å². The van der Waals surface area contributed by atoms with Crippen molar-refractivity contribution in [2.24, 2.45) is 0 Å². The van der Waals surface area contributed by atoms with Gasteiger partial charge >= 0.3 is 11.9 Å². The fourth-order valence-electron chi connectivity index (χ4n) is 7.23. The lowest BCUT2D eigenvalue weighted by Gasteiger charge is -2.28. The van der Waals surface area contributed by atoms with Gasteiger partial charge in [0, 0.05) is 0 Å². The lowest BCUT2D eigenvalue weighted by Crippen LogP contribution is -2.48. The van der Waals surface area contributed by atoms with E-state index in [1.165, 1.54) is 141 Å². The smallest absolute Gasteiger partial charge is 0.346 e. The highest BCUT2D eigenvalue weighted by Crippen LogP contribution is 2.28. The van der Waals surface area contributed by atoms with Crippen molar-refractivity contribution in [3.8, 4) is 0 Å². The van der Waals surface area contributed by atoms with Crippen LogP contribution in [0.1, 0.15) is 245 Å². The van der Waals surface area contributed by atoms with Gasteiger partial charge in [0.2, 0.25) is 0 Å². The van der Waals surface area contributed by atoms with Gasteiger partial charge in [-0.15, -0.1) is 25.3 Å². The molecule has 0 aliphatic heterocycles. The molecule has 7 nitrogen and oxygen atoms in total. The molecule has 9 heteroatoms. The van der Waals surface area contributed by atoms with Gasteiger partial charge in [0.25, 0.3) is 0 Å². The van der Waals surface area contributed by atoms with Gasteiger partial charge in [-0.25, -0.2) is 9.59 Å². The maximum atomic E-state index is 13.1. The molecule has 0 saturated heterocycles. The summed E-state index contributed by atoms with van der Waals surface area (Å²) in [6.07, 6.45) is 36.5. The molecule has 2 N–H and O–H groups in total. The van der Waals surface area contributed by atoms with Gasteiger partial charge in [-0.3, -0.25) is 9.59 Å². The average Bonchev–Trinajstić information content (AvgIpc) is 3.10. The van der Waals surface area contributed by atoms with Gasteiger partial charge in [0.15, 0.2) is 21.4 Å². The maximum absolute atomic E-state index is 13.1. The van der Waals surface area contributed by atoms with Gasteiger partial charge in [-0.1, -0.05) is 206 Å².